The molecular formula is C13H15ClN6O2. The van der Waals surface area contributed by atoms with E-state index in [-0.39, 0.29) is 11.3 Å². The topological polar surface area (TPSA) is 108 Å². The molecule has 0 spiro atoms. The maximum atomic E-state index is 11.0. The highest BCUT2D eigenvalue weighted by atomic mass is 35.5. The molecule has 0 aromatic carbocycles. The Balaban J connectivity index is 2.25. The molecule has 0 saturated heterocycles. The number of carbonyl (C=O) groups is 1. The minimum absolute atomic E-state index is 0.0259. The zero-order valence-electron chi connectivity index (χ0n) is 12.0. The summed E-state index contributed by atoms with van der Waals surface area (Å²) in [5.74, 6) is 5.35. The zero-order chi connectivity index (χ0) is 16.1. The summed E-state index contributed by atoms with van der Waals surface area (Å²) in [5.41, 5.74) is 2.64. The van der Waals surface area contributed by atoms with Crippen LogP contribution in [0, 0.1) is 0 Å². The molecule has 2 aromatic rings. The molecule has 0 radical (unpaired) electrons. The van der Waals surface area contributed by atoms with Crippen LogP contribution >= 0.6 is 11.6 Å². The molecule has 0 bridgehead atoms. The normalized spacial score (nSPS) is 11.1. The number of nitrogens with one attached hydrogen (secondary N) is 1. The number of amides is 1. The Morgan fingerprint density at radius 2 is 2.27 bits per heavy atom. The van der Waals surface area contributed by atoms with Gasteiger partial charge >= 0.3 is 0 Å². The predicted molar refractivity (Wildman–Crippen MR) is 81.7 cm³/mol. The lowest BCUT2D eigenvalue weighted by Crippen LogP contribution is -2.28. The largest absolute Gasteiger partial charge is 0.475 e. The summed E-state index contributed by atoms with van der Waals surface area (Å²) in [7, 11) is 0. The van der Waals surface area contributed by atoms with Crippen LogP contribution in [0.1, 0.15) is 13.8 Å². The van der Waals surface area contributed by atoms with Crippen LogP contribution in [-0.4, -0.2) is 31.8 Å². The molecular weight excluding hydrogens is 308 g/mol. The van der Waals surface area contributed by atoms with E-state index in [1.54, 1.807) is 12.1 Å². The van der Waals surface area contributed by atoms with Crippen molar-refractivity contribution < 1.29 is 9.53 Å². The Kier molecular flexibility index (Phi) is 5.08. The second kappa shape index (κ2) is 7.01. The fraction of sp³-hybridized carbons (Fsp3) is 0.231. The van der Waals surface area contributed by atoms with Crippen LogP contribution < -0.4 is 16.0 Å². The zero-order valence-corrected chi connectivity index (χ0v) is 12.8. The van der Waals surface area contributed by atoms with Crippen molar-refractivity contribution in [1.29, 1.82) is 0 Å². The SMILES string of the molecule is CC(C)Oc1cc(-c2ncn(/C=C\C(=O)NN)n2)cc(Cl)n1. The molecule has 116 valence electrons. The Morgan fingerprint density at radius 1 is 1.50 bits per heavy atom. The number of ether oxygens (including phenoxy) is 1. The number of nitrogens with two attached hydrogens (primary N) is 1. The standard InChI is InChI=1S/C13H15ClN6O2/c1-8(2)22-12-6-9(5-10(14)17-12)13-16-7-20(19-13)4-3-11(21)18-15/h3-8H,15H2,1-2H3,(H,18,21)/b4-3-. The second-order valence-electron chi connectivity index (χ2n) is 4.56. The van der Waals surface area contributed by atoms with Gasteiger partial charge in [-0.1, -0.05) is 11.6 Å². The summed E-state index contributed by atoms with van der Waals surface area (Å²) in [6, 6.07) is 3.33. The van der Waals surface area contributed by atoms with Gasteiger partial charge in [0.15, 0.2) is 5.82 Å². The first-order chi connectivity index (χ1) is 10.5. The summed E-state index contributed by atoms with van der Waals surface area (Å²) in [6.45, 7) is 3.78. The fourth-order valence-electron chi connectivity index (χ4n) is 1.57. The molecule has 0 fully saturated rings. The molecule has 0 aliphatic carbocycles. The first-order valence-corrected chi connectivity index (χ1v) is 6.80. The summed E-state index contributed by atoms with van der Waals surface area (Å²) in [4.78, 5) is 19.3. The maximum Gasteiger partial charge on any atom is 0.259 e. The molecule has 0 atom stereocenters. The average Bonchev–Trinajstić information content (AvgIpc) is 2.92. The first kappa shape index (κ1) is 15.9. The third kappa shape index (κ3) is 4.27. The van der Waals surface area contributed by atoms with Gasteiger partial charge in [-0.2, -0.15) is 0 Å². The summed E-state index contributed by atoms with van der Waals surface area (Å²) in [6.07, 6.45) is 4.08. The molecule has 0 aliphatic heterocycles. The van der Waals surface area contributed by atoms with Gasteiger partial charge in [0.2, 0.25) is 5.88 Å². The Morgan fingerprint density at radius 3 is 2.95 bits per heavy atom. The van der Waals surface area contributed by atoms with Gasteiger partial charge < -0.3 is 4.74 Å². The number of hydrazine groups is 1. The molecule has 2 heterocycles. The Bertz CT molecular complexity index is 698. The lowest BCUT2D eigenvalue weighted by molar-refractivity contribution is -0.116. The first-order valence-electron chi connectivity index (χ1n) is 6.42. The summed E-state index contributed by atoms with van der Waals surface area (Å²) in [5, 5.41) is 4.48. The number of hydrogen-bond donors (Lipinski definition) is 2. The van der Waals surface area contributed by atoms with Crippen LogP contribution in [0.15, 0.2) is 24.5 Å². The van der Waals surface area contributed by atoms with E-state index in [4.69, 9.17) is 22.2 Å². The van der Waals surface area contributed by atoms with Gasteiger partial charge in [-0.15, -0.1) is 5.10 Å². The number of hydrogen-bond acceptors (Lipinski definition) is 6. The summed E-state index contributed by atoms with van der Waals surface area (Å²) < 4.78 is 6.90. The lowest BCUT2D eigenvalue weighted by Gasteiger charge is -2.09. The van der Waals surface area contributed by atoms with E-state index in [2.05, 4.69) is 15.1 Å². The molecule has 9 heteroatoms. The maximum absolute atomic E-state index is 11.0. The number of aromatic nitrogens is 4. The molecule has 0 saturated carbocycles. The van der Waals surface area contributed by atoms with Crippen LogP contribution in [-0.2, 0) is 4.79 Å². The van der Waals surface area contributed by atoms with Crippen molar-refractivity contribution in [2.24, 2.45) is 5.84 Å². The minimum Gasteiger partial charge on any atom is -0.475 e. The van der Waals surface area contributed by atoms with Gasteiger partial charge in [0.05, 0.1) is 6.10 Å². The van der Waals surface area contributed by atoms with E-state index >= 15 is 0 Å². The molecule has 1 amide bonds. The lowest BCUT2D eigenvalue weighted by atomic mass is 10.2. The van der Waals surface area contributed by atoms with Crippen molar-refractivity contribution in [2.45, 2.75) is 20.0 Å². The minimum atomic E-state index is -0.448. The highest BCUT2D eigenvalue weighted by Crippen LogP contribution is 2.23. The molecule has 3 N–H and O–H groups in total. The summed E-state index contributed by atoms with van der Waals surface area (Å²) >= 11 is 5.98. The molecule has 0 aliphatic rings. The Hall–Kier alpha value is -2.45. The number of nitrogens with zero attached hydrogens (tertiary/aromatic N) is 4. The molecule has 2 aromatic heterocycles. The van der Waals surface area contributed by atoms with E-state index in [0.29, 0.717) is 17.3 Å². The molecule has 8 nitrogen and oxygen atoms in total. The van der Waals surface area contributed by atoms with Crippen molar-refractivity contribution in [1.82, 2.24) is 25.2 Å². The second-order valence-corrected chi connectivity index (χ2v) is 4.94. The van der Waals surface area contributed by atoms with Crippen molar-refractivity contribution in [3.63, 3.8) is 0 Å². The van der Waals surface area contributed by atoms with E-state index in [1.807, 2.05) is 19.3 Å². The third-order valence-corrected chi connectivity index (χ3v) is 2.61. The van der Waals surface area contributed by atoms with Crippen molar-refractivity contribution >= 4 is 23.7 Å². The Labute approximate surface area is 131 Å². The highest BCUT2D eigenvalue weighted by Gasteiger charge is 2.09. The van der Waals surface area contributed by atoms with Gasteiger partial charge in [0.1, 0.15) is 11.5 Å². The van der Waals surface area contributed by atoms with Gasteiger partial charge in [0, 0.05) is 23.9 Å². The van der Waals surface area contributed by atoms with E-state index < -0.39 is 5.91 Å². The van der Waals surface area contributed by atoms with Crippen molar-refractivity contribution in [3.8, 4) is 17.3 Å². The third-order valence-electron chi connectivity index (χ3n) is 2.41. The van der Waals surface area contributed by atoms with Crippen LogP contribution in [0.4, 0.5) is 0 Å². The van der Waals surface area contributed by atoms with Gasteiger partial charge in [-0.3, -0.25) is 10.2 Å². The van der Waals surface area contributed by atoms with Crippen LogP contribution in [0.25, 0.3) is 17.6 Å². The molecule has 22 heavy (non-hydrogen) atoms. The quantitative estimate of drug-likeness (QED) is 0.282. The number of halogens is 1. The van der Waals surface area contributed by atoms with Gasteiger partial charge in [-0.25, -0.2) is 20.5 Å². The fourth-order valence-corrected chi connectivity index (χ4v) is 1.78. The number of carbonyl (C=O) groups excluding carboxylic acids is 1. The number of rotatable bonds is 5. The van der Waals surface area contributed by atoms with Crippen LogP contribution in [0.2, 0.25) is 5.15 Å². The monoisotopic (exact) mass is 322 g/mol. The molecule has 0 unspecified atom stereocenters. The van der Waals surface area contributed by atoms with E-state index in [0.717, 1.165) is 0 Å². The van der Waals surface area contributed by atoms with Crippen molar-refractivity contribution in [3.05, 3.63) is 29.7 Å². The van der Waals surface area contributed by atoms with Crippen LogP contribution in [0.5, 0.6) is 5.88 Å². The smallest absolute Gasteiger partial charge is 0.259 e. The van der Waals surface area contributed by atoms with E-state index in [9.17, 15) is 4.79 Å². The average molecular weight is 323 g/mol. The predicted octanol–water partition coefficient (Wildman–Crippen LogP) is 1.24. The number of pyridine rings is 1. The van der Waals surface area contributed by atoms with E-state index in [1.165, 1.54) is 23.3 Å². The highest BCUT2D eigenvalue weighted by molar-refractivity contribution is 6.29. The van der Waals surface area contributed by atoms with Gasteiger partial charge in [0.25, 0.3) is 5.91 Å². The van der Waals surface area contributed by atoms with Crippen molar-refractivity contribution in [2.75, 3.05) is 0 Å². The van der Waals surface area contributed by atoms with Gasteiger partial charge in [-0.05, 0) is 19.9 Å². The molecule has 2 rings (SSSR count). The van der Waals surface area contributed by atoms with Crippen LogP contribution in [0.3, 0.4) is 0 Å².